The molecule has 0 heterocycles. The number of hydrogen-bond donors (Lipinski definition) is 3. The number of nitrogens with one attached hydrogen (secondary N) is 1. The Labute approximate surface area is 72.1 Å². The zero-order valence-corrected chi connectivity index (χ0v) is 7.29. The fraction of sp³-hybridized carbons (Fsp3) is 0.875. The van der Waals surface area contributed by atoms with Crippen LogP contribution in [0.1, 0.15) is 26.2 Å². The smallest absolute Gasteiger partial charge is 0.320 e. The summed E-state index contributed by atoms with van der Waals surface area (Å²) in [7, 11) is 0. The van der Waals surface area contributed by atoms with E-state index < -0.39 is 12.0 Å². The summed E-state index contributed by atoms with van der Waals surface area (Å²) >= 11 is 0. The van der Waals surface area contributed by atoms with Crippen molar-refractivity contribution in [3.05, 3.63) is 0 Å². The van der Waals surface area contributed by atoms with Crippen LogP contribution in [0.3, 0.4) is 0 Å². The van der Waals surface area contributed by atoms with E-state index in [9.17, 15) is 4.79 Å². The molecule has 1 fully saturated rings. The van der Waals surface area contributed by atoms with Crippen molar-refractivity contribution in [2.75, 3.05) is 0 Å². The molecule has 12 heavy (non-hydrogen) atoms. The highest BCUT2D eigenvalue weighted by atomic mass is 16.4. The van der Waals surface area contributed by atoms with Crippen molar-refractivity contribution in [1.29, 1.82) is 0 Å². The molecule has 3 atom stereocenters. The Balaban J connectivity index is 2.27. The van der Waals surface area contributed by atoms with E-state index in [0.29, 0.717) is 6.04 Å². The third-order valence-corrected chi connectivity index (χ3v) is 2.33. The normalized spacial score (nSPS) is 31.8. The summed E-state index contributed by atoms with van der Waals surface area (Å²) in [5.74, 6) is -0.796. The summed E-state index contributed by atoms with van der Waals surface area (Å²) in [4.78, 5) is 10.5. The molecule has 1 saturated carbocycles. The summed E-state index contributed by atoms with van der Waals surface area (Å²) in [5, 5.41) is 11.6. The fourth-order valence-corrected chi connectivity index (χ4v) is 1.59. The summed E-state index contributed by atoms with van der Waals surface area (Å²) < 4.78 is 0. The van der Waals surface area contributed by atoms with E-state index in [-0.39, 0.29) is 6.04 Å². The molecule has 0 aliphatic heterocycles. The van der Waals surface area contributed by atoms with Crippen LogP contribution in [-0.2, 0) is 4.79 Å². The summed E-state index contributed by atoms with van der Waals surface area (Å²) in [5.41, 5.74) is 5.69. The Morgan fingerprint density at radius 1 is 1.67 bits per heavy atom. The summed E-state index contributed by atoms with van der Waals surface area (Å²) in [6.07, 6.45) is 2.90. The predicted octanol–water partition coefficient (Wildman–Crippen LogP) is -0.0711. The van der Waals surface area contributed by atoms with Gasteiger partial charge in [-0.25, -0.2) is 0 Å². The second-order valence-corrected chi connectivity index (χ2v) is 3.50. The second kappa shape index (κ2) is 3.87. The number of carboxylic acid groups (broad SMARTS) is 1. The molecule has 1 aliphatic rings. The highest BCUT2D eigenvalue weighted by Crippen LogP contribution is 2.17. The van der Waals surface area contributed by atoms with E-state index >= 15 is 0 Å². The lowest BCUT2D eigenvalue weighted by atomic mass is 10.2. The van der Waals surface area contributed by atoms with Crippen LogP contribution in [0.15, 0.2) is 0 Å². The molecule has 4 heteroatoms. The van der Waals surface area contributed by atoms with Gasteiger partial charge >= 0.3 is 5.97 Å². The first-order valence-electron chi connectivity index (χ1n) is 4.34. The Hall–Kier alpha value is -0.610. The lowest BCUT2D eigenvalue weighted by Crippen LogP contribution is -2.40. The van der Waals surface area contributed by atoms with Gasteiger partial charge in [-0.05, 0) is 26.2 Å². The minimum absolute atomic E-state index is 0.253. The molecular formula is C8H16N2O2. The minimum atomic E-state index is -0.796. The van der Waals surface area contributed by atoms with E-state index in [0.717, 1.165) is 19.3 Å². The highest BCUT2D eigenvalue weighted by Gasteiger charge is 2.24. The average Bonchev–Trinajstić information content (AvgIpc) is 2.35. The maximum absolute atomic E-state index is 10.5. The molecule has 0 spiro atoms. The molecule has 70 valence electrons. The third kappa shape index (κ3) is 2.46. The van der Waals surface area contributed by atoms with Crippen molar-refractivity contribution in [3.8, 4) is 0 Å². The standard InChI is InChI=1S/C8H16N2O2/c1-5(8(11)12)10-7-3-2-6(9)4-7/h5-7,10H,2-4,9H2,1H3,(H,11,12). The number of nitrogens with two attached hydrogens (primary N) is 1. The number of hydrogen-bond acceptors (Lipinski definition) is 3. The van der Waals surface area contributed by atoms with E-state index in [1.165, 1.54) is 0 Å². The van der Waals surface area contributed by atoms with Crippen molar-refractivity contribution >= 4 is 5.97 Å². The van der Waals surface area contributed by atoms with Gasteiger partial charge < -0.3 is 16.2 Å². The minimum Gasteiger partial charge on any atom is -0.480 e. The van der Waals surface area contributed by atoms with Crippen molar-refractivity contribution < 1.29 is 9.90 Å². The monoisotopic (exact) mass is 172 g/mol. The van der Waals surface area contributed by atoms with Gasteiger partial charge in [-0.3, -0.25) is 4.79 Å². The van der Waals surface area contributed by atoms with Gasteiger partial charge in [0.05, 0.1) is 0 Å². The molecule has 4 nitrogen and oxygen atoms in total. The molecular weight excluding hydrogens is 156 g/mol. The van der Waals surface area contributed by atoms with Crippen LogP contribution in [0.25, 0.3) is 0 Å². The molecule has 0 radical (unpaired) electrons. The highest BCUT2D eigenvalue weighted by molar-refractivity contribution is 5.72. The summed E-state index contributed by atoms with van der Waals surface area (Å²) in [6.45, 7) is 1.66. The Morgan fingerprint density at radius 3 is 2.75 bits per heavy atom. The first kappa shape index (κ1) is 9.48. The molecule has 0 amide bonds. The first-order chi connectivity index (χ1) is 5.59. The SMILES string of the molecule is CC(NC1CCC(N)C1)C(=O)O. The van der Waals surface area contributed by atoms with Gasteiger partial charge in [0.2, 0.25) is 0 Å². The van der Waals surface area contributed by atoms with Crippen molar-refractivity contribution in [3.63, 3.8) is 0 Å². The van der Waals surface area contributed by atoms with Gasteiger partial charge in [-0.15, -0.1) is 0 Å². The van der Waals surface area contributed by atoms with Crippen LogP contribution in [0.5, 0.6) is 0 Å². The average molecular weight is 172 g/mol. The second-order valence-electron chi connectivity index (χ2n) is 3.50. The first-order valence-corrected chi connectivity index (χ1v) is 4.34. The molecule has 0 aromatic heterocycles. The van der Waals surface area contributed by atoms with Crippen LogP contribution in [-0.4, -0.2) is 29.2 Å². The molecule has 4 N–H and O–H groups in total. The maximum Gasteiger partial charge on any atom is 0.320 e. The molecule has 0 aromatic carbocycles. The molecule has 0 bridgehead atoms. The predicted molar refractivity (Wildman–Crippen MR) is 45.8 cm³/mol. The number of aliphatic carboxylic acids is 1. The molecule has 3 unspecified atom stereocenters. The largest absolute Gasteiger partial charge is 0.480 e. The summed E-state index contributed by atoms with van der Waals surface area (Å²) in [6, 6.07) is 0.0925. The maximum atomic E-state index is 10.5. The quantitative estimate of drug-likeness (QED) is 0.557. The van der Waals surface area contributed by atoms with Crippen molar-refractivity contribution in [2.45, 2.75) is 44.3 Å². The van der Waals surface area contributed by atoms with Crippen molar-refractivity contribution in [2.24, 2.45) is 5.73 Å². The zero-order valence-electron chi connectivity index (χ0n) is 7.29. The molecule has 1 aliphatic carbocycles. The molecule has 0 saturated heterocycles. The molecule has 1 rings (SSSR count). The van der Waals surface area contributed by atoms with Gasteiger partial charge in [0.25, 0.3) is 0 Å². The van der Waals surface area contributed by atoms with E-state index in [1.54, 1.807) is 6.92 Å². The van der Waals surface area contributed by atoms with Crippen molar-refractivity contribution in [1.82, 2.24) is 5.32 Å². The lowest BCUT2D eigenvalue weighted by Gasteiger charge is -2.15. The van der Waals surface area contributed by atoms with Gasteiger partial charge in [-0.1, -0.05) is 0 Å². The van der Waals surface area contributed by atoms with Crippen LogP contribution < -0.4 is 11.1 Å². The van der Waals surface area contributed by atoms with E-state index in [1.807, 2.05) is 0 Å². The van der Waals surface area contributed by atoms with Crippen LogP contribution in [0.4, 0.5) is 0 Å². The topological polar surface area (TPSA) is 75.3 Å². The zero-order chi connectivity index (χ0) is 9.14. The van der Waals surface area contributed by atoms with Gasteiger partial charge in [0, 0.05) is 12.1 Å². The Morgan fingerprint density at radius 2 is 2.33 bits per heavy atom. The number of carboxylic acids is 1. The Bertz CT molecular complexity index is 172. The van der Waals surface area contributed by atoms with Crippen LogP contribution in [0, 0.1) is 0 Å². The lowest BCUT2D eigenvalue weighted by molar-refractivity contribution is -0.139. The van der Waals surface area contributed by atoms with Crippen LogP contribution in [0.2, 0.25) is 0 Å². The number of carbonyl (C=O) groups is 1. The van der Waals surface area contributed by atoms with Gasteiger partial charge in [0.1, 0.15) is 6.04 Å². The van der Waals surface area contributed by atoms with Gasteiger partial charge in [-0.2, -0.15) is 0 Å². The molecule has 0 aromatic rings. The van der Waals surface area contributed by atoms with Crippen LogP contribution >= 0.6 is 0 Å². The fourth-order valence-electron chi connectivity index (χ4n) is 1.59. The number of rotatable bonds is 3. The Kier molecular flexibility index (Phi) is 3.05. The van der Waals surface area contributed by atoms with E-state index in [2.05, 4.69) is 5.32 Å². The third-order valence-electron chi connectivity index (χ3n) is 2.33. The van der Waals surface area contributed by atoms with Gasteiger partial charge in [0.15, 0.2) is 0 Å². The van der Waals surface area contributed by atoms with E-state index in [4.69, 9.17) is 10.8 Å².